The van der Waals surface area contributed by atoms with E-state index in [9.17, 15) is 8.78 Å². The molecule has 17 heavy (non-hydrogen) atoms. The molecule has 2 aromatic carbocycles. The molecule has 2 aromatic rings. The Morgan fingerprint density at radius 3 is 1.47 bits per heavy atom. The molecule has 0 aromatic heterocycles. The topological polar surface area (TPSA) is 52.0 Å². The monoisotopic (exact) mass is 252 g/mol. The molecule has 2 rings (SSSR count). The van der Waals surface area contributed by atoms with E-state index in [1.165, 1.54) is 36.0 Å². The van der Waals surface area contributed by atoms with Crippen LogP contribution in [0.5, 0.6) is 0 Å². The van der Waals surface area contributed by atoms with E-state index in [4.69, 9.17) is 11.5 Å². The summed E-state index contributed by atoms with van der Waals surface area (Å²) in [6, 6.07) is 8.36. The van der Waals surface area contributed by atoms with Crippen LogP contribution in [0.25, 0.3) is 0 Å². The van der Waals surface area contributed by atoms with Crippen LogP contribution in [0.2, 0.25) is 0 Å². The second-order valence-corrected chi connectivity index (χ2v) is 4.69. The summed E-state index contributed by atoms with van der Waals surface area (Å²) in [6.07, 6.45) is 0. The minimum Gasteiger partial charge on any atom is -0.399 e. The molecular formula is C12H10F2N2S. The summed E-state index contributed by atoms with van der Waals surface area (Å²) in [6.45, 7) is 0. The molecule has 4 N–H and O–H groups in total. The number of nitrogens with two attached hydrogens (primary N) is 2. The average molecular weight is 252 g/mol. The molecule has 0 saturated carbocycles. The first-order valence-electron chi connectivity index (χ1n) is 4.83. The Kier molecular flexibility index (Phi) is 3.19. The number of rotatable bonds is 2. The zero-order chi connectivity index (χ0) is 12.4. The molecule has 0 radical (unpaired) electrons. The van der Waals surface area contributed by atoms with Crippen LogP contribution in [-0.4, -0.2) is 0 Å². The van der Waals surface area contributed by atoms with Crippen LogP contribution in [-0.2, 0) is 0 Å². The number of hydrogen-bond acceptors (Lipinski definition) is 3. The van der Waals surface area contributed by atoms with Crippen LogP contribution in [0.4, 0.5) is 20.2 Å². The molecule has 0 heterocycles. The van der Waals surface area contributed by atoms with Crippen molar-refractivity contribution < 1.29 is 8.78 Å². The maximum absolute atomic E-state index is 13.1. The predicted octanol–water partition coefficient (Wildman–Crippen LogP) is 3.28. The van der Waals surface area contributed by atoms with E-state index in [0.29, 0.717) is 21.2 Å². The zero-order valence-electron chi connectivity index (χ0n) is 8.78. The maximum atomic E-state index is 13.1. The van der Waals surface area contributed by atoms with Crippen LogP contribution in [0.3, 0.4) is 0 Å². The second kappa shape index (κ2) is 4.63. The number of nitrogen functional groups attached to an aromatic ring is 2. The molecule has 0 unspecified atom stereocenters. The van der Waals surface area contributed by atoms with Crippen LogP contribution in [0, 0.1) is 11.6 Å². The quantitative estimate of drug-likeness (QED) is 0.806. The van der Waals surface area contributed by atoms with Crippen molar-refractivity contribution in [3.63, 3.8) is 0 Å². The molecule has 0 aliphatic heterocycles. The summed E-state index contributed by atoms with van der Waals surface area (Å²) in [5.74, 6) is -0.839. The largest absolute Gasteiger partial charge is 0.399 e. The van der Waals surface area contributed by atoms with Gasteiger partial charge in [0.25, 0.3) is 0 Å². The molecule has 0 aliphatic carbocycles. The third kappa shape index (κ3) is 3.10. The maximum Gasteiger partial charge on any atom is 0.126 e. The van der Waals surface area contributed by atoms with Crippen molar-refractivity contribution in [3.05, 3.63) is 48.0 Å². The summed E-state index contributed by atoms with van der Waals surface area (Å²) in [5, 5.41) is 0. The first-order chi connectivity index (χ1) is 8.02. The van der Waals surface area contributed by atoms with Gasteiger partial charge in [0, 0.05) is 21.2 Å². The Hall–Kier alpha value is -1.75. The Morgan fingerprint density at radius 2 is 1.12 bits per heavy atom. The standard InChI is InChI=1S/C12H10F2N2S/c13-7-1-9(15)5-11(3-7)17-12-4-8(14)2-10(16)6-12/h1-6H,15-16H2. The van der Waals surface area contributed by atoms with E-state index in [2.05, 4.69) is 0 Å². The van der Waals surface area contributed by atoms with Gasteiger partial charge < -0.3 is 11.5 Å². The predicted molar refractivity (Wildman–Crippen MR) is 65.7 cm³/mol. The van der Waals surface area contributed by atoms with Gasteiger partial charge in [-0.25, -0.2) is 8.78 Å². The molecule has 0 fully saturated rings. The number of halogens is 2. The SMILES string of the molecule is Nc1cc(F)cc(Sc2cc(N)cc(F)c2)c1. The van der Waals surface area contributed by atoms with Gasteiger partial charge >= 0.3 is 0 Å². The van der Waals surface area contributed by atoms with Gasteiger partial charge in [-0.2, -0.15) is 0 Å². The molecule has 0 aliphatic rings. The third-order valence-corrected chi connectivity index (χ3v) is 2.97. The van der Waals surface area contributed by atoms with Crippen molar-refractivity contribution in [2.24, 2.45) is 0 Å². The van der Waals surface area contributed by atoms with Crippen LogP contribution < -0.4 is 11.5 Å². The van der Waals surface area contributed by atoms with E-state index in [0.717, 1.165) is 0 Å². The Labute approximate surface area is 102 Å². The van der Waals surface area contributed by atoms with Gasteiger partial charge in [-0.05, 0) is 36.4 Å². The summed E-state index contributed by atoms with van der Waals surface area (Å²) < 4.78 is 26.2. The lowest BCUT2D eigenvalue weighted by atomic mass is 10.3. The van der Waals surface area contributed by atoms with Gasteiger partial charge in [0.1, 0.15) is 11.6 Å². The summed E-state index contributed by atoms with van der Waals surface area (Å²) in [4.78, 5) is 1.21. The highest BCUT2D eigenvalue weighted by atomic mass is 32.2. The molecule has 0 spiro atoms. The van der Waals surface area contributed by atoms with Crippen molar-refractivity contribution in [2.45, 2.75) is 9.79 Å². The minimum absolute atomic E-state index is 0.330. The summed E-state index contributed by atoms with van der Waals surface area (Å²) in [7, 11) is 0. The number of benzene rings is 2. The average Bonchev–Trinajstić information content (AvgIpc) is 2.13. The first kappa shape index (κ1) is 11.7. The lowest BCUT2D eigenvalue weighted by molar-refractivity contribution is 0.624. The first-order valence-corrected chi connectivity index (χ1v) is 5.64. The second-order valence-electron chi connectivity index (χ2n) is 3.54. The highest BCUT2D eigenvalue weighted by Gasteiger charge is 2.03. The molecule has 0 amide bonds. The van der Waals surface area contributed by atoms with Crippen molar-refractivity contribution in [1.29, 1.82) is 0 Å². The Morgan fingerprint density at radius 1 is 0.706 bits per heavy atom. The summed E-state index contributed by atoms with van der Waals surface area (Å²) in [5.41, 5.74) is 11.7. The van der Waals surface area contributed by atoms with Crippen LogP contribution in [0.1, 0.15) is 0 Å². The van der Waals surface area contributed by atoms with Crippen molar-refractivity contribution >= 4 is 23.1 Å². The molecule has 88 valence electrons. The zero-order valence-corrected chi connectivity index (χ0v) is 9.60. The van der Waals surface area contributed by atoms with Crippen LogP contribution >= 0.6 is 11.8 Å². The highest BCUT2D eigenvalue weighted by Crippen LogP contribution is 2.31. The molecule has 0 atom stereocenters. The fraction of sp³-hybridized carbons (Fsp3) is 0. The van der Waals surface area contributed by atoms with Gasteiger partial charge in [-0.1, -0.05) is 11.8 Å². The molecule has 0 saturated heterocycles. The third-order valence-electron chi connectivity index (χ3n) is 2.02. The Balaban J connectivity index is 2.31. The summed E-state index contributed by atoms with van der Waals surface area (Å²) >= 11 is 1.20. The molecule has 2 nitrogen and oxygen atoms in total. The molecular weight excluding hydrogens is 242 g/mol. The van der Waals surface area contributed by atoms with E-state index >= 15 is 0 Å². The van der Waals surface area contributed by atoms with Crippen molar-refractivity contribution in [2.75, 3.05) is 11.5 Å². The normalized spacial score (nSPS) is 10.5. The lowest BCUT2D eigenvalue weighted by Crippen LogP contribution is -1.89. The van der Waals surface area contributed by atoms with Gasteiger partial charge in [0.05, 0.1) is 0 Å². The van der Waals surface area contributed by atoms with E-state index < -0.39 is 11.6 Å². The van der Waals surface area contributed by atoms with Crippen molar-refractivity contribution in [1.82, 2.24) is 0 Å². The molecule has 5 heteroatoms. The van der Waals surface area contributed by atoms with Gasteiger partial charge in [-0.3, -0.25) is 0 Å². The molecule has 0 bridgehead atoms. The Bertz CT molecular complexity index is 468. The minimum atomic E-state index is -0.420. The van der Waals surface area contributed by atoms with Gasteiger partial charge in [0.2, 0.25) is 0 Å². The number of hydrogen-bond donors (Lipinski definition) is 2. The van der Waals surface area contributed by atoms with Crippen molar-refractivity contribution in [3.8, 4) is 0 Å². The van der Waals surface area contributed by atoms with Crippen LogP contribution in [0.15, 0.2) is 46.2 Å². The highest BCUT2D eigenvalue weighted by molar-refractivity contribution is 7.99. The van der Waals surface area contributed by atoms with E-state index in [-0.39, 0.29) is 0 Å². The smallest absolute Gasteiger partial charge is 0.126 e. The van der Waals surface area contributed by atoms with E-state index in [1.54, 1.807) is 12.1 Å². The van der Waals surface area contributed by atoms with Gasteiger partial charge in [-0.15, -0.1) is 0 Å². The van der Waals surface area contributed by atoms with Gasteiger partial charge in [0.15, 0.2) is 0 Å². The number of anilines is 2. The fourth-order valence-electron chi connectivity index (χ4n) is 1.42. The lowest BCUT2D eigenvalue weighted by Gasteiger charge is -2.04. The fourth-order valence-corrected chi connectivity index (χ4v) is 2.43. The van der Waals surface area contributed by atoms with E-state index in [1.807, 2.05) is 0 Å².